The predicted molar refractivity (Wildman–Crippen MR) is 116 cm³/mol. The van der Waals surface area contributed by atoms with E-state index in [2.05, 4.69) is 37.1 Å². The molecule has 156 valence electrons. The summed E-state index contributed by atoms with van der Waals surface area (Å²) in [7, 11) is 0. The number of nitrogens with one attached hydrogen (secondary N) is 1. The molecule has 2 fully saturated rings. The molecule has 2 aliphatic rings. The molecule has 0 bridgehead atoms. The van der Waals surface area contributed by atoms with Crippen molar-refractivity contribution in [3.8, 4) is 0 Å². The van der Waals surface area contributed by atoms with Gasteiger partial charge in [0.25, 0.3) is 0 Å². The number of carbonyl (C=O) groups is 1. The normalized spacial score (nSPS) is 18.0. The summed E-state index contributed by atoms with van der Waals surface area (Å²) in [5.41, 5.74) is 1.98. The number of benzene rings is 1. The minimum absolute atomic E-state index is 0.0232. The Kier molecular flexibility index (Phi) is 6.71. The monoisotopic (exact) mass is 415 g/mol. The molecule has 1 N–H and O–H groups in total. The van der Waals surface area contributed by atoms with E-state index in [9.17, 15) is 4.79 Å². The molecule has 2 aromatic rings. The fourth-order valence-electron chi connectivity index (χ4n) is 4.11. The maximum absolute atomic E-state index is 12.5. The smallest absolute Gasteiger partial charge is 0.234 e. The van der Waals surface area contributed by atoms with Gasteiger partial charge in [-0.2, -0.15) is 0 Å². The molecule has 1 aromatic heterocycles. The Bertz CT molecular complexity index is 811. The summed E-state index contributed by atoms with van der Waals surface area (Å²) in [6.45, 7) is 5.34. The first-order chi connectivity index (χ1) is 14.2. The lowest BCUT2D eigenvalue weighted by Crippen LogP contribution is -2.36. The molecule has 8 heteroatoms. The van der Waals surface area contributed by atoms with Gasteiger partial charge in [-0.3, -0.25) is 4.79 Å². The van der Waals surface area contributed by atoms with Gasteiger partial charge in [0, 0.05) is 30.5 Å². The van der Waals surface area contributed by atoms with Gasteiger partial charge in [-0.05, 0) is 44.0 Å². The number of amides is 1. The second kappa shape index (κ2) is 9.63. The number of hydrogen-bond donors (Lipinski definition) is 1. The second-order valence-electron chi connectivity index (χ2n) is 7.67. The molecule has 2 heterocycles. The van der Waals surface area contributed by atoms with Crippen molar-refractivity contribution in [2.75, 3.05) is 42.3 Å². The lowest BCUT2D eigenvalue weighted by atomic mass is 9.95. The van der Waals surface area contributed by atoms with E-state index in [1.807, 2.05) is 19.1 Å². The van der Waals surface area contributed by atoms with Crippen LogP contribution in [0, 0.1) is 6.92 Å². The van der Waals surface area contributed by atoms with Gasteiger partial charge < -0.3 is 19.5 Å². The minimum Gasteiger partial charge on any atom is -0.378 e. The predicted octanol–water partition coefficient (Wildman–Crippen LogP) is 3.66. The highest BCUT2D eigenvalue weighted by atomic mass is 32.2. The summed E-state index contributed by atoms with van der Waals surface area (Å²) < 4.78 is 7.63. The Morgan fingerprint density at radius 3 is 2.59 bits per heavy atom. The van der Waals surface area contributed by atoms with Crippen molar-refractivity contribution in [2.24, 2.45) is 0 Å². The lowest BCUT2D eigenvalue weighted by molar-refractivity contribution is -0.113. The number of thioether (sulfide) groups is 1. The molecular formula is C21H29N5O2S. The van der Waals surface area contributed by atoms with Crippen LogP contribution < -0.4 is 10.2 Å². The number of morpholine rings is 1. The second-order valence-corrected chi connectivity index (χ2v) is 8.62. The lowest BCUT2D eigenvalue weighted by Gasteiger charge is -2.28. The van der Waals surface area contributed by atoms with Crippen LogP contribution in [0.3, 0.4) is 0 Å². The Balaban J connectivity index is 1.31. The molecule has 1 saturated carbocycles. The van der Waals surface area contributed by atoms with Gasteiger partial charge in [0.2, 0.25) is 5.91 Å². The zero-order valence-corrected chi connectivity index (χ0v) is 17.8. The molecule has 1 aromatic carbocycles. The van der Waals surface area contributed by atoms with E-state index in [-0.39, 0.29) is 5.91 Å². The Morgan fingerprint density at radius 1 is 1.14 bits per heavy atom. The largest absolute Gasteiger partial charge is 0.378 e. The van der Waals surface area contributed by atoms with E-state index in [1.165, 1.54) is 43.9 Å². The average Bonchev–Trinajstić information content (AvgIpc) is 3.14. The number of aryl methyl sites for hydroxylation is 1. The van der Waals surface area contributed by atoms with Gasteiger partial charge in [0.1, 0.15) is 5.82 Å². The Labute approximate surface area is 176 Å². The fourth-order valence-corrected chi connectivity index (χ4v) is 4.96. The van der Waals surface area contributed by atoms with E-state index >= 15 is 0 Å². The van der Waals surface area contributed by atoms with Crippen molar-refractivity contribution in [3.63, 3.8) is 0 Å². The quantitative estimate of drug-likeness (QED) is 0.726. The van der Waals surface area contributed by atoms with Crippen molar-refractivity contribution in [1.82, 2.24) is 14.8 Å². The molecule has 0 spiro atoms. The van der Waals surface area contributed by atoms with Gasteiger partial charge >= 0.3 is 0 Å². The van der Waals surface area contributed by atoms with Crippen LogP contribution >= 0.6 is 11.8 Å². The van der Waals surface area contributed by atoms with E-state index in [0.29, 0.717) is 11.8 Å². The summed E-state index contributed by atoms with van der Waals surface area (Å²) in [5.74, 6) is 1.25. The van der Waals surface area contributed by atoms with Gasteiger partial charge in [-0.15, -0.1) is 10.2 Å². The third kappa shape index (κ3) is 5.11. The van der Waals surface area contributed by atoms with Crippen molar-refractivity contribution in [1.29, 1.82) is 0 Å². The molecule has 29 heavy (non-hydrogen) atoms. The molecule has 0 radical (unpaired) electrons. The summed E-state index contributed by atoms with van der Waals surface area (Å²) >= 11 is 1.47. The molecule has 7 nitrogen and oxygen atoms in total. The highest BCUT2D eigenvalue weighted by molar-refractivity contribution is 7.99. The van der Waals surface area contributed by atoms with Crippen molar-refractivity contribution < 1.29 is 9.53 Å². The number of carbonyl (C=O) groups excluding carboxylic acids is 1. The maximum Gasteiger partial charge on any atom is 0.234 e. The summed E-state index contributed by atoms with van der Waals surface area (Å²) in [5, 5.41) is 12.4. The zero-order chi connectivity index (χ0) is 20.1. The SMILES string of the molecule is Cc1nnc(SCC(=O)Nc2ccc(N3CCOCC3)cc2)n1C1CCCCC1. The van der Waals surface area contributed by atoms with Gasteiger partial charge in [0.05, 0.1) is 19.0 Å². The first-order valence-electron chi connectivity index (χ1n) is 10.5. The Hall–Kier alpha value is -2.06. The third-order valence-electron chi connectivity index (χ3n) is 5.63. The molecule has 1 aliphatic heterocycles. The van der Waals surface area contributed by atoms with E-state index in [1.54, 1.807) is 0 Å². The van der Waals surface area contributed by atoms with Crippen molar-refractivity contribution in [2.45, 2.75) is 50.2 Å². The van der Waals surface area contributed by atoms with Crippen LogP contribution in [0.15, 0.2) is 29.4 Å². The molecule has 1 saturated heterocycles. The van der Waals surface area contributed by atoms with Crippen LogP contribution in [0.25, 0.3) is 0 Å². The number of aromatic nitrogens is 3. The van der Waals surface area contributed by atoms with Crippen LogP contribution in [-0.2, 0) is 9.53 Å². The minimum atomic E-state index is -0.0232. The number of rotatable bonds is 6. The molecule has 4 rings (SSSR count). The molecule has 1 aliphatic carbocycles. The van der Waals surface area contributed by atoms with Crippen LogP contribution in [0.1, 0.15) is 44.0 Å². The first kappa shape index (κ1) is 20.2. The molecular weight excluding hydrogens is 386 g/mol. The number of ether oxygens (including phenoxy) is 1. The highest BCUT2D eigenvalue weighted by Gasteiger charge is 2.21. The van der Waals surface area contributed by atoms with Gasteiger partial charge in [-0.25, -0.2) is 0 Å². The number of nitrogens with zero attached hydrogens (tertiary/aromatic N) is 4. The van der Waals surface area contributed by atoms with E-state index in [4.69, 9.17) is 4.74 Å². The van der Waals surface area contributed by atoms with Crippen molar-refractivity contribution in [3.05, 3.63) is 30.1 Å². The van der Waals surface area contributed by atoms with Crippen molar-refractivity contribution >= 4 is 29.0 Å². The van der Waals surface area contributed by atoms with Gasteiger partial charge in [0.15, 0.2) is 5.16 Å². The topological polar surface area (TPSA) is 72.3 Å². The fraction of sp³-hybridized carbons (Fsp3) is 0.571. The molecule has 1 amide bonds. The standard InChI is InChI=1S/C21H29N5O2S/c1-16-23-24-21(26(16)19-5-3-2-4-6-19)29-15-20(27)22-17-7-9-18(10-8-17)25-11-13-28-14-12-25/h7-10,19H,2-6,11-15H2,1H3,(H,22,27). The van der Waals surface area contributed by atoms with E-state index in [0.717, 1.165) is 48.7 Å². The van der Waals surface area contributed by atoms with Crippen LogP contribution in [0.2, 0.25) is 0 Å². The summed E-state index contributed by atoms with van der Waals surface area (Å²) in [4.78, 5) is 14.7. The molecule has 0 unspecified atom stereocenters. The van der Waals surface area contributed by atoms with Crippen LogP contribution in [-0.4, -0.2) is 52.7 Å². The van der Waals surface area contributed by atoms with Gasteiger partial charge in [-0.1, -0.05) is 31.0 Å². The number of hydrogen-bond acceptors (Lipinski definition) is 6. The summed E-state index contributed by atoms with van der Waals surface area (Å²) in [6, 6.07) is 8.50. The third-order valence-corrected chi connectivity index (χ3v) is 6.58. The van der Waals surface area contributed by atoms with Crippen LogP contribution in [0.4, 0.5) is 11.4 Å². The van der Waals surface area contributed by atoms with E-state index < -0.39 is 0 Å². The maximum atomic E-state index is 12.5. The highest BCUT2D eigenvalue weighted by Crippen LogP contribution is 2.32. The molecule has 0 atom stereocenters. The number of anilines is 2. The zero-order valence-electron chi connectivity index (χ0n) is 17.0. The Morgan fingerprint density at radius 2 is 1.86 bits per heavy atom. The first-order valence-corrected chi connectivity index (χ1v) is 11.5. The van der Waals surface area contributed by atoms with Crippen LogP contribution in [0.5, 0.6) is 0 Å². The summed E-state index contributed by atoms with van der Waals surface area (Å²) in [6.07, 6.45) is 6.18. The average molecular weight is 416 g/mol.